The van der Waals surface area contributed by atoms with Gasteiger partial charge >= 0.3 is 0 Å². The molecule has 1 saturated carbocycles. The Kier molecular flexibility index (Phi) is 5.45. The fourth-order valence-corrected chi connectivity index (χ4v) is 2.36. The molecule has 3 nitrogen and oxygen atoms in total. The molecule has 0 saturated heterocycles. The van der Waals surface area contributed by atoms with Gasteiger partial charge in [0.25, 0.3) is 0 Å². The molecule has 3 heteroatoms. The van der Waals surface area contributed by atoms with Crippen molar-refractivity contribution in [3.05, 3.63) is 0 Å². The molecule has 1 unspecified atom stereocenters. The second-order valence-electron chi connectivity index (χ2n) is 4.72. The maximum Gasteiger partial charge on any atom is 0.0292 e. The largest absolute Gasteiger partial charge is 0.329 e. The maximum absolute atomic E-state index is 5.81. The van der Waals surface area contributed by atoms with Crippen molar-refractivity contribution in [2.75, 3.05) is 26.7 Å². The third-order valence-electron chi connectivity index (χ3n) is 3.14. The first-order valence-corrected chi connectivity index (χ1v) is 5.86. The summed E-state index contributed by atoms with van der Waals surface area (Å²) >= 11 is 0. The minimum absolute atomic E-state index is 0.142. The van der Waals surface area contributed by atoms with Crippen molar-refractivity contribution in [3.8, 4) is 0 Å². The van der Waals surface area contributed by atoms with Crippen LogP contribution in [0.2, 0.25) is 0 Å². The molecule has 1 aliphatic carbocycles. The van der Waals surface area contributed by atoms with E-state index in [2.05, 4.69) is 11.9 Å². The van der Waals surface area contributed by atoms with Crippen molar-refractivity contribution in [3.63, 3.8) is 0 Å². The molecule has 84 valence electrons. The fourth-order valence-electron chi connectivity index (χ4n) is 2.36. The van der Waals surface area contributed by atoms with Crippen molar-refractivity contribution in [1.82, 2.24) is 4.90 Å². The van der Waals surface area contributed by atoms with Crippen molar-refractivity contribution in [2.24, 2.45) is 17.4 Å². The molecule has 0 aromatic carbocycles. The lowest BCUT2D eigenvalue weighted by Gasteiger charge is -2.28. The summed E-state index contributed by atoms with van der Waals surface area (Å²) in [5.41, 5.74) is 11.3. The summed E-state index contributed by atoms with van der Waals surface area (Å²) in [7, 11) is 2.16. The van der Waals surface area contributed by atoms with Gasteiger partial charge in [-0.15, -0.1) is 0 Å². The lowest BCUT2D eigenvalue weighted by Crippen LogP contribution is -2.42. The van der Waals surface area contributed by atoms with Gasteiger partial charge in [0.15, 0.2) is 0 Å². The van der Waals surface area contributed by atoms with Crippen molar-refractivity contribution in [1.29, 1.82) is 0 Å². The molecule has 1 aliphatic rings. The Bertz CT molecular complexity index is 143. The van der Waals surface area contributed by atoms with Crippen LogP contribution < -0.4 is 11.5 Å². The third kappa shape index (κ3) is 4.40. The summed E-state index contributed by atoms with van der Waals surface area (Å²) in [6, 6.07) is 0.142. The minimum atomic E-state index is 0.142. The van der Waals surface area contributed by atoms with E-state index >= 15 is 0 Å². The Morgan fingerprint density at radius 2 is 1.93 bits per heavy atom. The predicted octanol–water partition coefficient (Wildman–Crippen LogP) is 0.785. The summed E-state index contributed by atoms with van der Waals surface area (Å²) in [4.78, 5) is 2.34. The number of nitrogens with zero attached hydrogens (tertiary/aromatic N) is 1. The quantitative estimate of drug-likeness (QED) is 0.688. The normalized spacial score (nSPS) is 21.4. The summed E-state index contributed by atoms with van der Waals surface area (Å²) in [5.74, 6) is 0.902. The molecule has 1 fully saturated rings. The Hall–Kier alpha value is -0.120. The molecule has 0 spiro atoms. The summed E-state index contributed by atoms with van der Waals surface area (Å²) < 4.78 is 0. The van der Waals surface area contributed by atoms with Crippen LogP contribution in [0.4, 0.5) is 0 Å². The smallest absolute Gasteiger partial charge is 0.0292 e. The molecular weight excluding hydrogens is 174 g/mol. The van der Waals surface area contributed by atoms with Gasteiger partial charge in [0.1, 0.15) is 0 Å². The zero-order valence-electron chi connectivity index (χ0n) is 9.41. The van der Waals surface area contributed by atoms with Gasteiger partial charge in [0.2, 0.25) is 0 Å². The lowest BCUT2D eigenvalue weighted by molar-refractivity contribution is 0.225. The third-order valence-corrected chi connectivity index (χ3v) is 3.14. The number of likely N-dealkylation sites (N-methyl/N-ethyl adjacent to an activating group) is 1. The van der Waals surface area contributed by atoms with Crippen LogP contribution in [0.5, 0.6) is 0 Å². The lowest BCUT2D eigenvalue weighted by atomic mass is 9.89. The number of hydrogen-bond acceptors (Lipinski definition) is 3. The standard InChI is InChI=1S/C11H25N3/c1-14(9-11(13)7-12)8-10-5-3-2-4-6-10/h10-11H,2-9,12-13H2,1H3. The van der Waals surface area contributed by atoms with Gasteiger partial charge in [-0.25, -0.2) is 0 Å². The molecule has 4 N–H and O–H groups in total. The second kappa shape index (κ2) is 6.38. The van der Waals surface area contributed by atoms with E-state index in [0.717, 1.165) is 12.5 Å². The molecule has 0 aromatic heterocycles. The van der Waals surface area contributed by atoms with Crippen molar-refractivity contribution >= 4 is 0 Å². The van der Waals surface area contributed by atoms with Crippen LogP contribution >= 0.6 is 0 Å². The number of rotatable bonds is 5. The first kappa shape index (κ1) is 12.0. The molecule has 0 aromatic rings. The van der Waals surface area contributed by atoms with Gasteiger partial charge in [-0.2, -0.15) is 0 Å². The van der Waals surface area contributed by atoms with Crippen molar-refractivity contribution in [2.45, 2.75) is 38.1 Å². The maximum atomic E-state index is 5.81. The average Bonchev–Trinajstić information content (AvgIpc) is 2.19. The van der Waals surface area contributed by atoms with Crippen LogP contribution in [0.15, 0.2) is 0 Å². The van der Waals surface area contributed by atoms with Crippen LogP contribution in [0.1, 0.15) is 32.1 Å². The number of nitrogens with two attached hydrogens (primary N) is 2. The van der Waals surface area contributed by atoms with Crippen molar-refractivity contribution < 1.29 is 0 Å². The van der Waals surface area contributed by atoms with Gasteiger partial charge in [0, 0.05) is 25.7 Å². The molecule has 0 radical (unpaired) electrons. The molecule has 0 aliphatic heterocycles. The van der Waals surface area contributed by atoms with E-state index < -0.39 is 0 Å². The Morgan fingerprint density at radius 1 is 1.29 bits per heavy atom. The molecule has 0 bridgehead atoms. The van der Waals surface area contributed by atoms with E-state index in [1.165, 1.54) is 38.6 Å². The van der Waals surface area contributed by atoms with Crippen LogP contribution in [0.25, 0.3) is 0 Å². The monoisotopic (exact) mass is 199 g/mol. The fraction of sp³-hybridized carbons (Fsp3) is 1.00. The molecular formula is C11H25N3. The first-order valence-electron chi connectivity index (χ1n) is 5.86. The van der Waals surface area contributed by atoms with Crippen LogP contribution in [-0.4, -0.2) is 37.6 Å². The highest BCUT2D eigenvalue weighted by Crippen LogP contribution is 2.23. The van der Waals surface area contributed by atoms with Crippen LogP contribution in [-0.2, 0) is 0 Å². The zero-order chi connectivity index (χ0) is 10.4. The molecule has 14 heavy (non-hydrogen) atoms. The summed E-state index contributed by atoms with van der Waals surface area (Å²) in [6.45, 7) is 2.73. The highest BCUT2D eigenvalue weighted by Gasteiger charge is 2.15. The Labute approximate surface area is 87.8 Å². The van der Waals surface area contributed by atoms with Gasteiger partial charge in [-0.05, 0) is 25.8 Å². The van der Waals surface area contributed by atoms with E-state index in [1.807, 2.05) is 0 Å². The molecule has 0 amide bonds. The van der Waals surface area contributed by atoms with Crippen LogP contribution in [0.3, 0.4) is 0 Å². The van der Waals surface area contributed by atoms with Gasteiger partial charge in [-0.3, -0.25) is 0 Å². The molecule has 1 atom stereocenters. The highest BCUT2D eigenvalue weighted by molar-refractivity contribution is 4.72. The van der Waals surface area contributed by atoms with Gasteiger partial charge in [0.05, 0.1) is 0 Å². The topological polar surface area (TPSA) is 55.3 Å². The molecule has 0 heterocycles. The van der Waals surface area contributed by atoms with E-state index in [9.17, 15) is 0 Å². The van der Waals surface area contributed by atoms with E-state index in [-0.39, 0.29) is 6.04 Å². The average molecular weight is 199 g/mol. The minimum Gasteiger partial charge on any atom is -0.329 e. The molecule has 1 rings (SSSR count). The number of hydrogen-bond donors (Lipinski definition) is 2. The highest BCUT2D eigenvalue weighted by atomic mass is 15.1. The van der Waals surface area contributed by atoms with E-state index in [0.29, 0.717) is 6.54 Å². The predicted molar refractivity (Wildman–Crippen MR) is 61.1 cm³/mol. The summed E-state index contributed by atoms with van der Waals surface area (Å²) in [5, 5.41) is 0. The SMILES string of the molecule is CN(CC(N)CN)CC1CCCCC1. The second-order valence-corrected chi connectivity index (χ2v) is 4.72. The van der Waals surface area contributed by atoms with E-state index in [1.54, 1.807) is 0 Å². The van der Waals surface area contributed by atoms with Gasteiger partial charge in [-0.1, -0.05) is 19.3 Å². The first-order chi connectivity index (χ1) is 6.72. The Balaban J connectivity index is 2.14. The van der Waals surface area contributed by atoms with Crippen LogP contribution in [0, 0.1) is 5.92 Å². The zero-order valence-corrected chi connectivity index (χ0v) is 9.41. The Morgan fingerprint density at radius 3 is 2.50 bits per heavy atom. The van der Waals surface area contributed by atoms with E-state index in [4.69, 9.17) is 11.5 Å². The van der Waals surface area contributed by atoms with Gasteiger partial charge < -0.3 is 16.4 Å². The summed E-state index contributed by atoms with van der Waals surface area (Å²) in [6.07, 6.45) is 7.08.